The first-order chi connectivity index (χ1) is 13.0. The average molecular weight is 380 g/mol. The van der Waals surface area contributed by atoms with Crippen LogP contribution in [0.1, 0.15) is 10.4 Å². The molecule has 0 spiro atoms. The van der Waals surface area contributed by atoms with E-state index < -0.39 is 4.92 Å². The summed E-state index contributed by atoms with van der Waals surface area (Å²) in [6.45, 7) is 0. The molecule has 3 rings (SSSR count). The Morgan fingerprint density at radius 3 is 2.26 bits per heavy atom. The molecule has 0 fully saturated rings. The minimum absolute atomic E-state index is 0.00412. The summed E-state index contributed by atoms with van der Waals surface area (Å²) in [4.78, 5) is 24.5. The summed E-state index contributed by atoms with van der Waals surface area (Å²) in [6.07, 6.45) is 0. The van der Waals surface area contributed by atoms with Crippen LogP contribution in [0, 0.1) is 10.1 Å². The van der Waals surface area contributed by atoms with Crippen LogP contribution in [0.15, 0.2) is 76.5 Å². The van der Waals surface area contributed by atoms with Crippen molar-refractivity contribution in [3.8, 4) is 0 Å². The predicted molar refractivity (Wildman–Crippen MR) is 107 cm³/mol. The van der Waals surface area contributed by atoms with Gasteiger partial charge >= 0.3 is 0 Å². The van der Waals surface area contributed by atoms with Crippen molar-refractivity contribution in [1.82, 2.24) is 0 Å². The highest BCUT2D eigenvalue weighted by atomic mass is 32.2. The molecule has 0 aliphatic heterocycles. The summed E-state index contributed by atoms with van der Waals surface area (Å²) in [5.74, 6) is -0.379. The van der Waals surface area contributed by atoms with Gasteiger partial charge in [-0.15, -0.1) is 0 Å². The molecule has 0 saturated carbocycles. The van der Waals surface area contributed by atoms with Crippen molar-refractivity contribution < 1.29 is 9.72 Å². The maximum atomic E-state index is 12.8. The molecule has 3 aromatic rings. The van der Waals surface area contributed by atoms with E-state index in [0.29, 0.717) is 27.5 Å². The number of nitro benzene ring substituents is 1. The van der Waals surface area contributed by atoms with Crippen molar-refractivity contribution >= 4 is 40.4 Å². The maximum absolute atomic E-state index is 12.8. The molecular weight excluding hydrogens is 364 g/mol. The van der Waals surface area contributed by atoms with Gasteiger partial charge in [-0.05, 0) is 36.4 Å². The Kier molecular flexibility index (Phi) is 5.28. The van der Waals surface area contributed by atoms with Crippen LogP contribution < -0.4 is 16.8 Å². The monoisotopic (exact) mass is 380 g/mol. The number of nitro groups is 1. The van der Waals surface area contributed by atoms with Gasteiger partial charge in [0.2, 0.25) is 0 Å². The molecule has 0 aliphatic carbocycles. The zero-order valence-corrected chi connectivity index (χ0v) is 14.9. The van der Waals surface area contributed by atoms with Gasteiger partial charge in [-0.25, -0.2) is 0 Å². The van der Waals surface area contributed by atoms with Gasteiger partial charge in [0.25, 0.3) is 11.6 Å². The number of amides is 1. The van der Waals surface area contributed by atoms with E-state index in [1.165, 1.54) is 23.9 Å². The van der Waals surface area contributed by atoms with Gasteiger partial charge in [0, 0.05) is 27.6 Å². The second-order valence-corrected chi connectivity index (χ2v) is 6.73. The molecule has 5 N–H and O–H groups in total. The smallest absolute Gasteiger partial charge is 0.269 e. The number of anilines is 3. The second-order valence-electron chi connectivity index (χ2n) is 5.61. The van der Waals surface area contributed by atoms with Crippen molar-refractivity contribution in [2.75, 3.05) is 16.8 Å². The van der Waals surface area contributed by atoms with Gasteiger partial charge in [-0.3, -0.25) is 14.9 Å². The van der Waals surface area contributed by atoms with Gasteiger partial charge in [0.05, 0.1) is 21.9 Å². The minimum atomic E-state index is -0.460. The molecule has 0 bridgehead atoms. The number of rotatable bonds is 5. The predicted octanol–water partition coefficient (Wildman–Crippen LogP) is 4.16. The van der Waals surface area contributed by atoms with Crippen molar-refractivity contribution in [1.29, 1.82) is 0 Å². The SMILES string of the molecule is Nc1ccccc1NC(=O)c1c(N)cccc1Sc1ccc([N+](=O)[O-])cc1. The van der Waals surface area contributed by atoms with Crippen LogP contribution in [0.3, 0.4) is 0 Å². The Morgan fingerprint density at radius 2 is 1.59 bits per heavy atom. The third-order valence-corrected chi connectivity index (χ3v) is 4.84. The standard InChI is InChI=1S/C19H16N4O3S/c20-14-4-1-2-6-16(14)22-19(24)18-15(21)5-3-7-17(18)27-13-10-8-12(9-11-13)23(25)26/h1-11H,20-21H2,(H,22,24). The number of carbonyl (C=O) groups is 1. The summed E-state index contributed by atoms with van der Waals surface area (Å²) < 4.78 is 0. The number of hydrogen-bond donors (Lipinski definition) is 3. The lowest BCUT2D eigenvalue weighted by molar-refractivity contribution is -0.384. The maximum Gasteiger partial charge on any atom is 0.269 e. The molecule has 0 aliphatic rings. The zero-order chi connectivity index (χ0) is 19.4. The molecule has 0 saturated heterocycles. The van der Waals surface area contributed by atoms with E-state index in [-0.39, 0.29) is 11.6 Å². The fourth-order valence-corrected chi connectivity index (χ4v) is 3.42. The van der Waals surface area contributed by atoms with Crippen LogP contribution in [0.5, 0.6) is 0 Å². The van der Waals surface area contributed by atoms with Crippen molar-refractivity contribution in [3.63, 3.8) is 0 Å². The topological polar surface area (TPSA) is 124 Å². The molecule has 0 heterocycles. The van der Waals surface area contributed by atoms with Gasteiger partial charge in [0.15, 0.2) is 0 Å². The number of benzene rings is 3. The minimum Gasteiger partial charge on any atom is -0.398 e. The molecule has 27 heavy (non-hydrogen) atoms. The Morgan fingerprint density at radius 1 is 0.926 bits per heavy atom. The molecular formula is C19H16N4O3S. The highest BCUT2D eigenvalue weighted by molar-refractivity contribution is 7.99. The fourth-order valence-electron chi connectivity index (χ4n) is 2.43. The number of nitrogens with two attached hydrogens (primary N) is 2. The van der Waals surface area contributed by atoms with Gasteiger partial charge < -0.3 is 16.8 Å². The van der Waals surface area contributed by atoms with E-state index in [4.69, 9.17) is 11.5 Å². The van der Waals surface area contributed by atoms with Crippen LogP contribution >= 0.6 is 11.8 Å². The Hall–Kier alpha value is -3.52. The second kappa shape index (κ2) is 7.79. The molecule has 7 nitrogen and oxygen atoms in total. The van der Waals surface area contributed by atoms with E-state index in [0.717, 1.165) is 4.90 Å². The van der Waals surface area contributed by atoms with Crippen LogP contribution in [0.2, 0.25) is 0 Å². The number of nitrogens with one attached hydrogen (secondary N) is 1. The van der Waals surface area contributed by atoms with E-state index in [1.807, 2.05) is 0 Å². The third kappa shape index (κ3) is 4.18. The van der Waals surface area contributed by atoms with Crippen LogP contribution in [-0.2, 0) is 0 Å². The van der Waals surface area contributed by atoms with E-state index >= 15 is 0 Å². The molecule has 3 aromatic carbocycles. The highest BCUT2D eigenvalue weighted by Gasteiger charge is 2.17. The average Bonchev–Trinajstić information content (AvgIpc) is 2.64. The van der Waals surface area contributed by atoms with Gasteiger partial charge in [0.1, 0.15) is 0 Å². The summed E-state index contributed by atoms with van der Waals surface area (Å²) in [5, 5.41) is 13.5. The van der Waals surface area contributed by atoms with E-state index in [2.05, 4.69) is 5.32 Å². The van der Waals surface area contributed by atoms with Gasteiger partial charge in [-0.1, -0.05) is 30.0 Å². The lowest BCUT2D eigenvalue weighted by Crippen LogP contribution is -2.16. The molecule has 0 aromatic heterocycles. The van der Waals surface area contributed by atoms with Crippen LogP contribution in [0.4, 0.5) is 22.7 Å². The number of non-ortho nitro benzene ring substituents is 1. The molecule has 0 atom stereocenters. The molecule has 8 heteroatoms. The van der Waals surface area contributed by atoms with Crippen molar-refractivity contribution in [2.24, 2.45) is 0 Å². The van der Waals surface area contributed by atoms with Crippen molar-refractivity contribution in [2.45, 2.75) is 9.79 Å². The summed E-state index contributed by atoms with van der Waals surface area (Å²) in [5.41, 5.74) is 13.5. The quantitative estimate of drug-likeness (QED) is 0.347. The van der Waals surface area contributed by atoms with Gasteiger partial charge in [-0.2, -0.15) is 0 Å². The molecule has 0 radical (unpaired) electrons. The first-order valence-electron chi connectivity index (χ1n) is 7.92. The summed E-state index contributed by atoms with van der Waals surface area (Å²) >= 11 is 1.30. The molecule has 136 valence electrons. The first kappa shape index (κ1) is 18.3. The number of carbonyl (C=O) groups excluding carboxylic acids is 1. The summed E-state index contributed by atoms with van der Waals surface area (Å²) in [6, 6.07) is 18.2. The number of nitrogen functional groups attached to an aromatic ring is 2. The Bertz CT molecular complexity index is 1010. The molecule has 0 unspecified atom stereocenters. The molecule has 1 amide bonds. The lowest BCUT2D eigenvalue weighted by Gasteiger charge is -2.13. The third-order valence-electron chi connectivity index (χ3n) is 3.77. The summed E-state index contributed by atoms with van der Waals surface area (Å²) in [7, 11) is 0. The number of hydrogen-bond acceptors (Lipinski definition) is 6. The largest absolute Gasteiger partial charge is 0.398 e. The fraction of sp³-hybridized carbons (Fsp3) is 0. The van der Waals surface area contributed by atoms with Crippen LogP contribution in [0.25, 0.3) is 0 Å². The van der Waals surface area contributed by atoms with Crippen LogP contribution in [-0.4, -0.2) is 10.8 Å². The Labute approximate surface area is 159 Å². The normalized spacial score (nSPS) is 10.4. The first-order valence-corrected chi connectivity index (χ1v) is 8.74. The van der Waals surface area contributed by atoms with E-state index in [1.54, 1.807) is 54.6 Å². The van der Waals surface area contributed by atoms with Crippen molar-refractivity contribution in [3.05, 3.63) is 82.4 Å². The van der Waals surface area contributed by atoms with E-state index in [9.17, 15) is 14.9 Å². The Balaban J connectivity index is 1.89. The zero-order valence-electron chi connectivity index (χ0n) is 14.1. The lowest BCUT2D eigenvalue weighted by atomic mass is 10.1. The number of para-hydroxylation sites is 2. The highest BCUT2D eigenvalue weighted by Crippen LogP contribution is 2.34. The number of nitrogens with zero attached hydrogens (tertiary/aromatic N) is 1.